The number of rotatable bonds is 4. The summed E-state index contributed by atoms with van der Waals surface area (Å²) < 4.78 is -1.77. The molecule has 0 amide bonds. The Labute approximate surface area is 135 Å². The van der Waals surface area contributed by atoms with Crippen molar-refractivity contribution in [3.8, 4) is 0 Å². The monoisotopic (exact) mass is 340 g/mol. The van der Waals surface area contributed by atoms with Crippen molar-refractivity contribution in [3.05, 3.63) is 12.7 Å². The Balaban J connectivity index is -0.000000657. The van der Waals surface area contributed by atoms with Gasteiger partial charge in [-0.25, -0.2) is 0 Å². The number of thiocarbonyl (C=S) groups is 1. The summed E-state index contributed by atoms with van der Waals surface area (Å²) >= 11 is 6.96. The molecule has 0 bridgehead atoms. The molecule has 0 rings (SSSR count). The fourth-order valence-corrected chi connectivity index (χ4v) is 4.20. The molecule has 0 radical (unpaired) electrons. The highest BCUT2D eigenvalue weighted by atomic mass is 32.2. The number of hydrogen-bond acceptors (Lipinski definition) is 5. The molecule has 0 unspecified atom stereocenters. The second kappa shape index (κ2) is 10.2. The van der Waals surface area contributed by atoms with Crippen LogP contribution in [0, 0.1) is 0 Å². The summed E-state index contributed by atoms with van der Waals surface area (Å²) in [6.45, 7) is 11.4. The third-order valence-corrected chi connectivity index (χ3v) is 4.41. The second-order valence-corrected chi connectivity index (χ2v) is 8.94. The normalized spacial score (nSPS) is 10.4. The van der Waals surface area contributed by atoms with Gasteiger partial charge in [0.1, 0.15) is 13.0 Å². The molecule has 0 aromatic carbocycles. The lowest BCUT2D eigenvalue weighted by molar-refractivity contribution is -0.139. The topological polar surface area (TPSA) is 74.6 Å². The van der Waals surface area contributed by atoms with Gasteiger partial charge in [-0.1, -0.05) is 49.2 Å². The summed E-state index contributed by atoms with van der Waals surface area (Å²) in [6.07, 6.45) is 1.75. The van der Waals surface area contributed by atoms with Crippen molar-refractivity contribution in [2.75, 3.05) is 0 Å². The largest absolute Gasteiger partial charge is 0.480 e. The molecule has 0 aromatic heterocycles. The highest BCUT2D eigenvalue weighted by molar-refractivity contribution is 8.48. The fraction of sp³-hybridized carbons (Fsp3) is 0.615. The number of aliphatic carboxylic acids is 2. The van der Waals surface area contributed by atoms with Crippen molar-refractivity contribution in [3.63, 3.8) is 0 Å². The summed E-state index contributed by atoms with van der Waals surface area (Å²) in [5.41, 5.74) is 0. The van der Waals surface area contributed by atoms with Gasteiger partial charge in [-0.3, -0.25) is 9.59 Å². The Kier molecular flexibility index (Phi) is 12.5. The number of carboxylic acids is 2. The molecular formula is C13H24O4S3. The molecule has 118 valence electrons. The van der Waals surface area contributed by atoms with Crippen LogP contribution in [0.5, 0.6) is 0 Å². The van der Waals surface area contributed by atoms with Crippen molar-refractivity contribution in [2.24, 2.45) is 0 Å². The van der Waals surface area contributed by atoms with Crippen LogP contribution in [0.1, 0.15) is 42.0 Å². The molecule has 0 aliphatic rings. The molecule has 20 heavy (non-hydrogen) atoms. The molecule has 0 saturated heterocycles. The Hall–Kier alpha value is -0.530. The zero-order chi connectivity index (χ0) is 15.9. The third kappa shape index (κ3) is 10.3. The molecule has 0 aromatic rings. The summed E-state index contributed by atoms with van der Waals surface area (Å²) in [4.78, 5) is 21.7. The van der Waals surface area contributed by atoms with Gasteiger partial charge in [0, 0.05) is 0 Å². The minimum atomic E-state index is -1.04. The minimum absolute atomic E-state index is 0. The maximum absolute atomic E-state index is 10.8. The quantitative estimate of drug-likeness (QED) is 0.584. The molecule has 0 atom stereocenters. The first-order chi connectivity index (χ1) is 8.40. The molecule has 0 aliphatic carbocycles. The van der Waals surface area contributed by atoms with E-state index in [1.54, 1.807) is 6.08 Å². The van der Waals surface area contributed by atoms with Gasteiger partial charge in [-0.15, -0.1) is 6.58 Å². The minimum Gasteiger partial charge on any atom is -0.480 e. The molecule has 7 heteroatoms. The number of allylic oxidation sites excluding steroid dienone is 1. The van der Waals surface area contributed by atoms with E-state index in [4.69, 9.17) is 22.4 Å². The highest BCUT2D eigenvalue weighted by Crippen LogP contribution is 2.36. The van der Waals surface area contributed by atoms with E-state index < -0.39 is 21.4 Å². The van der Waals surface area contributed by atoms with Gasteiger partial charge in [0.2, 0.25) is 0 Å². The van der Waals surface area contributed by atoms with E-state index in [1.807, 2.05) is 6.92 Å². The first-order valence-electron chi connectivity index (χ1n) is 5.36. The Bertz CT molecular complexity index is 333. The number of carboxylic acid groups (broad SMARTS) is 2. The lowest BCUT2D eigenvalue weighted by Gasteiger charge is -2.22. The lowest BCUT2D eigenvalue weighted by Crippen LogP contribution is -2.31. The molecule has 0 heterocycles. The SMILES string of the molecule is C.C=CC.CC(C)(SC(=S)SC(C)(C)C(=O)O)C(=O)O. The summed E-state index contributed by atoms with van der Waals surface area (Å²) in [6, 6.07) is 0. The molecule has 0 spiro atoms. The summed E-state index contributed by atoms with van der Waals surface area (Å²) in [5, 5.41) is 17.8. The van der Waals surface area contributed by atoms with Crippen LogP contribution in [0.4, 0.5) is 0 Å². The molecule has 0 saturated carbocycles. The van der Waals surface area contributed by atoms with Gasteiger partial charge >= 0.3 is 11.9 Å². The third-order valence-electron chi connectivity index (χ3n) is 1.71. The lowest BCUT2D eigenvalue weighted by atomic mass is 10.2. The van der Waals surface area contributed by atoms with E-state index in [1.165, 1.54) is 27.7 Å². The number of thioether (sulfide) groups is 2. The Morgan fingerprint density at radius 1 is 1.05 bits per heavy atom. The van der Waals surface area contributed by atoms with E-state index in [2.05, 4.69) is 6.58 Å². The first-order valence-corrected chi connectivity index (χ1v) is 7.40. The van der Waals surface area contributed by atoms with Crippen LogP contribution >= 0.6 is 35.7 Å². The summed E-state index contributed by atoms with van der Waals surface area (Å²) in [7, 11) is 0. The average molecular weight is 341 g/mol. The van der Waals surface area contributed by atoms with Crippen molar-refractivity contribution < 1.29 is 19.8 Å². The second-order valence-electron chi connectivity index (χ2n) is 4.49. The maximum Gasteiger partial charge on any atom is 0.319 e. The van der Waals surface area contributed by atoms with Gasteiger partial charge in [0.25, 0.3) is 0 Å². The van der Waals surface area contributed by atoms with E-state index >= 15 is 0 Å². The zero-order valence-corrected chi connectivity index (χ0v) is 14.2. The predicted molar refractivity (Wildman–Crippen MR) is 93.8 cm³/mol. The van der Waals surface area contributed by atoms with Crippen LogP contribution in [-0.4, -0.2) is 35.2 Å². The van der Waals surface area contributed by atoms with Gasteiger partial charge in [0.05, 0.1) is 0 Å². The standard InChI is InChI=1S/C9H14O4S3.C3H6.CH4/c1-8(2,5(10)11)15-7(14)16-9(3,4)6(12)13;1-3-2;/h1-4H3,(H,10,11)(H,12,13);3H,1H2,2H3;1H4. The summed E-state index contributed by atoms with van der Waals surface area (Å²) in [5.74, 6) is -1.96. The van der Waals surface area contributed by atoms with Crippen LogP contribution < -0.4 is 0 Å². The highest BCUT2D eigenvalue weighted by Gasteiger charge is 2.34. The van der Waals surface area contributed by atoms with E-state index in [-0.39, 0.29) is 7.43 Å². The smallest absolute Gasteiger partial charge is 0.319 e. The van der Waals surface area contributed by atoms with Gasteiger partial charge in [-0.2, -0.15) is 0 Å². The van der Waals surface area contributed by atoms with Crippen LogP contribution in [0.25, 0.3) is 0 Å². The first kappa shape index (κ1) is 24.5. The predicted octanol–water partition coefficient (Wildman–Crippen LogP) is 4.29. The molecular weight excluding hydrogens is 316 g/mol. The molecule has 2 N–H and O–H groups in total. The van der Waals surface area contributed by atoms with Crippen LogP contribution in [0.2, 0.25) is 0 Å². The molecule has 4 nitrogen and oxygen atoms in total. The van der Waals surface area contributed by atoms with Crippen LogP contribution in [0.15, 0.2) is 12.7 Å². The van der Waals surface area contributed by atoms with Gasteiger partial charge in [-0.05, 0) is 34.6 Å². The van der Waals surface area contributed by atoms with Crippen LogP contribution in [-0.2, 0) is 9.59 Å². The van der Waals surface area contributed by atoms with Crippen LogP contribution in [0.3, 0.4) is 0 Å². The fourth-order valence-electron chi connectivity index (χ4n) is 0.525. The number of hydrogen-bond donors (Lipinski definition) is 2. The average Bonchev–Trinajstić information content (AvgIpc) is 2.15. The van der Waals surface area contributed by atoms with Crippen molar-refractivity contribution in [1.29, 1.82) is 0 Å². The van der Waals surface area contributed by atoms with Crippen molar-refractivity contribution >= 4 is 51.2 Å². The Morgan fingerprint density at radius 2 is 1.25 bits per heavy atom. The zero-order valence-electron chi connectivity index (χ0n) is 11.7. The van der Waals surface area contributed by atoms with Gasteiger partial charge < -0.3 is 10.2 Å². The molecule has 0 fully saturated rings. The van der Waals surface area contributed by atoms with E-state index in [0.717, 1.165) is 23.5 Å². The van der Waals surface area contributed by atoms with Crippen molar-refractivity contribution in [1.82, 2.24) is 0 Å². The van der Waals surface area contributed by atoms with E-state index in [9.17, 15) is 9.59 Å². The maximum atomic E-state index is 10.8. The van der Waals surface area contributed by atoms with Gasteiger partial charge in [0.15, 0.2) is 0 Å². The van der Waals surface area contributed by atoms with E-state index in [0.29, 0.717) is 3.53 Å². The molecule has 0 aliphatic heterocycles. The Morgan fingerprint density at radius 3 is 1.40 bits per heavy atom. The van der Waals surface area contributed by atoms with Crippen molar-refractivity contribution in [2.45, 2.75) is 51.5 Å². The number of carbonyl (C=O) groups is 2.